The van der Waals surface area contributed by atoms with Gasteiger partial charge in [0, 0.05) is 37.1 Å². The highest BCUT2D eigenvalue weighted by Crippen LogP contribution is 2.12. The summed E-state index contributed by atoms with van der Waals surface area (Å²) in [6.45, 7) is 7.74. The maximum atomic E-state index is 11.4. The summed E-state index contributed by atoms with van der Waals surface area (Å²) in [4.78, 5) is 21.2. The van der Waals surface area contributed by atoms with Crippen LogP contribution in [0.3, 0.4) is 0 Å². The Morgan fingerprint density at radius 1 is 1.32 bits per heavy atom. The highest BCUT2D eigenvalue weighted by molar-refractivity contribution is 14.0. The minimum atomic E-state index is 0. The number of nitrogens with zero attached hydrogens (tertiary/aromatic N) is 2. The summed E-state index contributed by atoms with van der Waals surface area (Å²) in [7, 11) is 1.72. The normalized spacial score (nSPS) is 11.0. The molecule has 0 fully saturated rings. The Labute approximate surface area is 153 Å². The summed E-state index contributed by atoms with van der Waals surface area (Å²) in [5, 5.41) is 10.3. The van der Waals surface area contributed by atoms with Crippen LogP contribution in [0.4, 0.5) is 0 Å². The maximum Gasteiger partial charge on any atom is 0.222 e. The van der Waals surface area contributed by atoms with E-state index in [1.807, 2.05) is 20.0 Å². The fraction of sp³-hybridized carbons (Fsp3) is 0.643. The van der Waals surface area contributed by atoms with Crippen LogP contribution in [0.15, 0.2) is 11.2 Å². The standard InChI is InChI=1S/C14H25N5OS.HI/c1-5-11-8-18-12(21-11)9-19-14(15-4)17-7-6-16-13(20)10(2)3;/h8,10H,5-7,9H2,1-4H3,(H,16,20)(H2,15,17,19);1H. The van der Waals surface area contributed by atoms with Crippen LogP contribution in [0.25, 0.3) is 0 Å². The van der Waals surface area contributed by atoms with Gasteiger partial charge < -0.3 is 16.0 Å². The number of carbonyl (C=O) groups is 1. The number of aliphatic imine (C=N–C) groups is 1. The molecule has 0 unspecified atom stereocenters. The van der Waals surface area contributed by atoms with Gasteiger partial charge in [0.1, 0.15) is 5.01 Å². The van der Waals surface area contributed by atoms with Crippen molar-refractivity contribution in [3.63, 3.8) is 0 Å². The molecule has 1 amide bonds. The van der Waals surface area contributed by atoms with Crippen molar-refractivity contribution in [2.45, 2.75) is 33.7 Å². The third kappa shape index (κ3) is 7.92. The van der Waals surface area contributed by atoms with E-state index in [0.29, 0.717) is 25.6 Å². The van der Waals surface area contributed by atoms with Gasteiger partial charge in [-0.25, -0.2) is 4.98 Å². The van der Waals surface area contributed by atoms with E-state index < -0.39 is 0 Å². The number of guanidine groups is 1. The summed E-state index contributed by atoms with van der Waals surface area (Å²) in [6.07, 6.45) is 2.93. The lowest BCUT2D eigenvalue weighted by Gasteiger charge is -2.12. The Bertz CT molecular complexity index is 476. The second kappa shape index (κ2) is 11.6. The molecule has 126 valence electrons. The zero-order valence-electron chi connectivity index (χ0n) is 13.6. The zero-order chi connectivity index (χ0) is 15.7. The van der Waals surface area contributed by atoms with Crippen LogP contribution in [0.1, 0.15) is 30.7 Å². The molecule has 0 aliphatic rings. The fourth-order valence-electron chi connectivity index (χ4n) is 1.54. The molecule has 0 bridgehead atoms. The first kappa shape index (κ1) is 21.1. The molecule has 22 heavy (non-hydrogen) atoms. The van der Waals surface area contributed by atoms with Gasteiger partial charge in [0.15, 0.2) is 5.96 Å². The molecule has 0 aliphatic carbocycles. The number of halogens is 1. The molecule has 3 N–H and O–H groups in total. The van der Waals surface area contributed by atoms with Crippen molar-refractivity contribution in [1.29, 1.82) is 0 Å². The monoisotopic (exact) mass is 439 g/mol. The van der Waals surface area contributed by atoms with Crippen LogP contribution in [-0.4, -0.2) is 37.0 Å². The van der Waals surface area contributed by atoms with Crippen molar-refractivity contribution in [3.05, 3.63) is 16.1 Å². The van der Waals surface area contributed by atoms with Crippen molar-refractivity contribution < 1.29 is 4.79 Å². The first-order valence-corrected chi connectivity index (χ1v) is 8.04. The van der Waals surface area contributed by atoms with Crippen LogP contribution in [-0.2, 0) is 17.8 Å². The lowest BCUT2D eigenvalue weighted by atomic mass is 10.2. The number of amides is 1. The molecule has 0 radical (unpaired) electrons. The molecular formula is C14H26IN5OS. The Morgan fingerprint density at radius 2 is 2.00 bits per heavy atom. The van der Waals surface area contributed by atoms with Crippen molar-refractivity contribution in [2.24, 2.45) is 10.9 Å². The molecule has 0 atom stereocenters. The number of carbonyl (C=O) groups excluding carboxylic acids is 1. The van der Waals surface area contributed by atoms with Gasteiger partial charge in [-0.2, -0.15) is 0 Å². The summed E-state index contributed by atoms with van der Waals surface area (Å²) < 4.78 is 0. The topological polar surface area (TPSA) is 78.4 Å². The van der Waals surface area contributed by atoms with E-state index in [1.165, 1.54) is 4.88 Å². The van der Waals surface area contributed by atoms with E-state index in [-0.39, 0.29) is 35.8 Å². The van der Waals surface area contributed by atoms with Gasteiger partial charge in [0.05, 0.1) is 6.54 Å². The predicted octanol–water partition coefficient (Wildman–Crippen LogP) is 1.76. The zero-order valence-corrected chi connectivity index (χ0v) is 16.7. The number of aromatic nitrogens is 1. The van der Waals surface area contributed by atoms with Gasteiger partial charge in [-0.1, -0.05) is 20.8 Å². The van der Waals surface area contributed by atoms with E-state index in [2.05, 4.69) is 32.9 Å². The summed E-state index contributed by atoms with van der Waals surface area (Å²) in [5.41, 5.74) is 0. The molecule has 1 heterocycles. The minimum Gasteiger partial charge on any atom is -0.355 e. The number of hydrogen-bond acceptors (Lipinski definition) is 4. The van der Waals surface area contributed by atoms with Gasteiger partial charge in [-0.15, -0.1) is 35.3 Å². The lowest BCUT2D eigenvalue weighted by molar-refractivity contribution is -0.123. The smallest absolute Gasteiger partial charge is 0.222 e. The third-order valence-corrected chi connectivity index (χ3v) is 3.96. The third-order valence-electron chi connectivity index (χ3n) is 2.82. The van der Waals surface area contributed by atoms with Crippen molar-refractivity contribution in [2.75, 3.05) is 20.1 Å². The van der Waals surface area contributed by atoms with Crippen LogP contribution in [0.5, 0.6) is 0 Å². The number of rotatable bonds is 7. The molecule has 0 saturated carbocycles. The summed E-state index contributed by atoms with van der Waals surface area (Å²) in [5.74, 6) is 0.789. The summed E-state index contributed by atoms with van der Waals surface area (Å²) in [6, 6.07) is 0. The fourth-order valence-corrected chi connectivity index (χ4v) is 2.35. The maximum absolute atomic E-state index is 11.4. The molecule has 1 aromatic rings. The van der Waals surface area contributed by atoms with Gasteiger partial charge in [0.25, 0.3) is 0 Å². The van der Waals surface area contributed by atoms with Crippen molar-refractivity contribution in [1.82, 2.24) is 20.9 Å². The molecule has 0 saturated heterocycles. The molecule has 8 heteroatoms. The molecule has 6 nitrogen and oxygen atoms in total. The number of aryl methyl sites for hydroxylation is 1. The van der Waals surface area contributed by atoms with Gasteiger partial charge in [0.2, 0.25) is 5.91 Å². The molecule has 0 aliphatic heterocycles. The minimum absolute atomic E-state index is 0. The molecule has 1 aromatic heterocycles. The average Bonchev–Trinajstić information content (AvgIpc) is 2.94. The quantitative estimate of drug-likeness (QED) is 0.262. The van der Waals surface area contributed by atoms with Gasteiger partial charge in [-0.3, -0.25) is 9.79 Å². The first-order chi connectivity index (χ1) is 10.1. The summed E-state index contributed by atoms with van der Waals surface area (Å²) >= 11 is 1.71. The van der Waals surface area contributed by atoms with E-state index in [0.717, 1.165) is 11.4 Å². The van der Waals surface area contributed by atoms with Crippen LogP contribution >= 0.6 is 35.3 Å². The van der Waals surface area contributed by atoms with Crippen molar-refractivity contribution >= 4 is 47.2 Å². The second-order valence-corrected chi connectivity index (χ2v) is 6.07. The largest absolute Gasteiger partial charge is 0.355 e. The van der Waals surface area contributed by atoms with Gasteiger partial charge >= 0.3 is 0 Å². The number of nitrogens with one attached hydrogen (secondary N) is 3. The lowest BCUT2D eigenvalue weighted by Crippen LogP contribution is -2.41. The van der Waals surface area contributed by atoms with Crippen LogP contribution in [0.2, 0.25) is 0 Å². The molecular weight excluding hydrogens is 413 g/mol. The van der Waals surface area contributed by atoms with E-state index in [9.17, 15) is 4.79 Å². The van der Waals surface area contributed by atoms with Crippen LogP contribution < -0.4 is 16.0 Å². The number of thiazole rings is 1. The second-order valence-electron chi connectivity index (χ2n) is 4.87. The molecule has 1 rings (SSSR count). The van der Waals surface area contributed by atoms with E-state index in [4.69, 9.17) is 0 Å². The Morgan fingerprint density at radius 3 is 2.55 bits per heavy atom. The first-order valence-electron chi connectivity index (χ1n) is 7.22. The highest BCUT2D eigenvalue weighted by Gasteiger charge is 2.05. The molecule has 0 spiro atoms. The predicted molar refractivity (Wildman–Crippen MR) is 103 cm³/mol. The van der Waals surface area contributed by atoms with Gasteiger partial charge in [-0.05, 0) is 6.42 Å². The van der Waals surface area contributed by atoms with Crippen molar-refractivity contribution in [3.8, 4) is 0 Å². The Hall–Kier alpha value is -0.900. The highest BCUT2D eigenvalue weighted by atomic mass is 127. The average molecular weight is 439 g/mol. The SMILES string of the molecule is CCc1cnc(CNC(=NC)NCCNC(=O)C(C)C)s1.I. The van der Waals surface area contributed by atoms with Crippen LogP contribution in [0, 0.1) is 5.92 Å². The Balaban J connectivity index is 0.00000441. The molecule has 0 aromatic carbocycles. The Kier molecular flexibility index (Phi) is 11.2. The van der Waals surface area contributed by atoms with E-state index >= 15 is 0 Å². The van der Waals surface area contributed by atoms with E-state index in [1.54, 1.807) is 18.4 Å². The number of hydrogen-bond donors (Lipinski definition) is 3.